The third kappa shape index (κ3) is 6.45. The molecule has 1 saturated carbocycles. The highest BCUT2D eigenvalue weighted by molar-refractivity contribution is 6.99. The second kappa shape index (κ2) is 12.9. The van der Waals surface area contributed by atoms with Crippen LogP contribution in [0.4, 0.5) is 4.79 Å². The molecule has 2 aliphatic rings. The topological polar surface area (TPSA) is 55.8 Å². The Bertz CT molecular complexity index is 1190. The molecule has 228 valence electrons. The lowest BCUT2D eigenvalue weighted by atomic mass is 9.81. The molecule has 2 amide bonds. The Hall–Kier alpha value is -2.70. The minimum absolute atomic E-state index is 0.0252. The average molecular weight is 590 g/mol. The molecule has 1 unspecified atom stereocenters. The lowest BCUT2D eigenvalue weighted by Gasteiger charge is -2.48. The molecule has 6 heteroatoms. The van der Waals surface area contributed by atoms with Gasteiger partial charge in [0.2, 0.25) is 0 Å². The van der Waals surface area contributed by atoms with Crippen LogP contribution in [0.2, 0.25) is 5.04 Å². The van der Waals surface area contributed by atoms with Crippen molar-refractivity contribution in [3.63, 3.8) is 0 Å². The lowest BCUT2D eigenvalue weighted by molar-refractivity contribution is -0.125. The minimum Gasteiger partial charge on any atom is -0.441 e. The summed E-state index contributed by atoms with van der Waals surface area (Å²) in [5.74, 6) is 0.135. The first kappa shape index (κ1) is 32.2. The van der Waals surface area contributed by atoms with Gasteiger partial charge in [0.15, 0.2) is 0 Å². The second-order valence-corrected chi connectivity index (χ2v) is 18.5. The molecule has 2 aromatic carbocycles. The number of rotatable bonds is 9. The molecule has 42 heavy (non-hydrogen) atoms. The van der Waals surface area contributed by atoms with E-state index in [1.807, 2.05) is 33.8 Å². The van der Waals surface area contributed by atoms with Crippen LogP contribution in [-0.4, -0.2) is 43.0 Å². The zero-order chi connectivity index (χ0) is 30.7. The SMILES string of the molecule is CC(C)C1N(C(=O)/C=C/[C@H](C)[C@H](O[Si](c2ccccc2)(c2ccccc2)C(C)(C)C)C2CCCCC2)C(=O)OC1(C)C. The molecule has 0 radical (unpaired) electrons. The van der Waals surface area contributed by atoms with Crippen LogP contribution in [0.3, 0.4) is 0 Å². The maximum atomic E-state index is 13.6. The number of amides is 2. The molecule has 5 nitrogen and oxygen atoms in total. The summed E-state index contributed by atoms with van der Waals surface area (Å²) in [6.07, 6.45) is 8.85. The minimum atomic E-state index is -2.80. The fraction of sp³-hybridized carbons (Fsp3) is 0.556. The average Bonchev–Trinajstić information content (AvgIpc) is 3.21. The Morgan fingerprint density at radius 1 is 0.952 bits per heavy atom. The van der Waals surface area contributed by atoms with Gasteiger partial charge >= 0.3 is 6.09 Å². The van der Waals surface area contributed by atoms with Crippen molar-refractivity contribution in [2.45, 2.75) is 110 Å². The van der Waals surface area contributed by atoms with Gasteiger partial charge in [0.05, 0.1) is 12.1 Å². The maximum absolute atomic E-state index is 13.6. The van der Waals surface area contributed by atoms with Crippen LogP contribution in [0.1, 0.15) is 87.5 Å². The number of carbonyl (C=O) groups excluding carboxylic acids is 2. The number of nitrogens with zero attached hydrogens (tertiary/aromatic N) is 1. The van der Waals surface area contributed by atoms with Crippen molar-refractivity contribution >= 4 is 30.7 Å². The number of hydrogen-bond donors (Lipinski definition) is 0. The van der Waals surface area contributed by atoms with E-state index in [0.29, 0.717) is 5.92 Å². The molecule has 0 aromatic heterocycles. The Morgan fingerprint density at radius 2 is 1.48 bits per heavy atom. The van der Waals surface area contributed by atoms with Crippen molar-refractivity contribution in [1.82, 2.24) is 4.90 Å². The van der Waals surface area contributed by atoms with Crippen LogP contribution in [0.5, 0.6) is 0 Å². The van der Waals surface area contributed by atoms with Gasteiger partial charge in [-0.15, -0.1) is 0 Å². The molecule has 3 atom stereocenters. The fourth-order valence-electron chi connectivity index (χ4n) is 7.50. The summed E-state index contributed by atoms with van der Waals surface area (Å²) in [5, 5.41) is 2.38. The Balaban J connectivity index is 1.74. The molecule has 2 aromatic rings. The van der Waals surface area contributed by atoms with Crippen LogP contribution >= 0.6 is 0 Å². The van der Waals surface area contributed by atoms with Crippen LogP contribution in [0.25, 0.3) is 0 Å². The van der Waals surface area contributed by atoms with E-state index in [0.717, 1.165) is 12.8 Å². The number of hydrogen-bond acceptors (Lipinski definition) is 4. The van der Waals surface area contributed by atoms with E-state index in [1.165, 1.54) is 34.5 Å². The zero-order valence-electron chi connectivity index (χ0n) is 26.9. The van der Waals surface area contributed by atoms with Crippen molar-refractivity contribution in [2.75, 3.05) is 0 Å². The number of benzene rings is 2. The summed E-state index contributed by atoms with van der Waals surface area (Å²) >= 11 is 0. The van der Waals surface area contributed by atoms with E-state index in [-0.39, 0.29) is 34.9 Å². The van der Waals surface area contributed by atoms with E-state index in [9.17, 15) is 9.59 Å². The summed E-state index contributed by atoms with van der Waals surface area (Å²) in [4.78, 5) is 27.7. The molecule has 1 aliphatic carbocycles. The van der Waals surface area contributed by atoms with Gasteiger partial charge in [0.1, 0.15) is 5.60 Å². The molecule has 1 heterocycles. The van der Waals surface area contributed by atoms with E-state index in [1.54, 1.807) is 6.08 Å². The largest absolute Gasteiger partial charge is 0.441 e. The normalized spacial score (nSPS) is 21.5. The van der Waals surface area contributed by atoms with Gasteiger partial charge in [0, 0.05) is 6.08 Å². The molecule has 1 aliphatic heterocycles. The zero-order valence-corrected chi connectivity index (χ0v) is 27.9. The third-order valence-electron chi connectivity index (χ3n) is 9.31. The van der Waals surface area contributed by atoms with Gasteiger partial charge in [0.25, 0.3) is 14.2 Å². The molecular weight excluding hydrogens is 538 g/mol. The van der Waals surface area contributed by atoms with Gasteiger partial charge in [-0.2, -0.15) is 0 Å². The Kier molecular flexibility index (Phi) is 9.88. The van der Waals surface area contributed by atoms with E-state index < -0.39 is 20.0 Å². The first-order valence-electron chi connectivity index (χ1n) is 15.8. The first-order valence-corrected chi connectivity index (χ1v) is 17.7. The number of imide groups is 1. The van der Waals surface area contributed by atoms with Crippen molar-refractivity contribution in [2.24, 2.45) is 17.8 Å². The monoisotopic (exact) mass is 589 g/mol. The molecular formula is C36H51NO4Si. The van der Waals surface area contributed by atoms with Gasteiger partial charge in [-0.1, -0.05) is 128 Å². The van der Waals surface area contributed by atoms with E-state index >= 15 is 0 Å². The van der Waals surface area contributed by atoms with Crippen molar-refractivity contribution in [1.29, 1.82) is 0 Å². The molecule has 0 N–H and O–H groups in total. The summed E-state index contributed by atoms with van der Waals surface area (Å²) in [6.45, 7) is 16.9. The predicted molar refractivity (Wildman–Crippen MR) is 173 cm³/mol. The molecule has 1 saturated heterocycles. The van der Waals surface area contributed by atoms with Gasteiger partial charge in [-0.25, -0.2) is 9.69 Å². The quantitative estimate of drug-likeness (QED) is 0.225. The van der Waals surface area contributed by atoms with Crippen molar-refractivity contribution in [3.05, 3.63) is 72.8 Å². The van der Waals surface area contributed by atoms with Crippen molar-refractivity contribution in [3.8, 4) is 0 Å². The van der Waals surface area contributed by atoms with Crippen LogP contribution in [0.15, 0.2) is 72.8 Å². The van der Waals surface area contributed by atoms with Crippen molar-refractivity contribution < 1.29 is 18.8 Å². The van der Waals surface area contributed by atoms with E-state index in [2.05, 4.69) is 88.4 Å². The Morgan fingerprint density at radius 3 is 1.95 bits per heavy atom. The number of cyclic esters (lactones) is 1. The second-order valence-electron chi connectivity index (χ2n) is 14.2. The summed E-state index contributed by atoms with van der Waals surface area (Å²) < 4.78 is 13.3. The molecule has 4 rings (SSSR count). The van der Waals surface area contributed by atoms with Crippen LogP contribution in [-0.2, 0) is 14.0 Å². The highest BCUT2D eigenvalue weighted by Crippen LogP contribution is 2.42. The maximum Gasteiger partial charge on any atom is 0.417 e. The first-order chi connectivity index (χ1) is 19.8. The highest BCUT2D eigenvalue weighted by atomic mass is 28.4. The van der Waals surface area contributed by atoms with E-state index in [4.69, 9.17) is 9.16 Å². The summed E-state index contributed by atoms with van der Waals surface area (Å²) in [6, 6.07) is 21.2. The number of carbonyl (C=O) groups is 2. The van der Waals surface area contributed by atoms with Gasteiger partial charge < -0.3 is 9.16 Å². The van der Waals surface area contributed by atoms with Gasteiger partial charge in [-0.05, 0) is 59.9 Å². The summed E-state index contributed by atoms with van der Waals surface area (Å²) in [7, 11) is -2.80. The molecule has 0 spiro atoms. The smallest absolute Gasteiger partial charge is 0.417 e. The predicted octanol–water partition coefficient (Wildman–Crippen LogP) is 7.49. The van der Waals surface area contributed by atoms with Crippen LogP contribution < -0.4 is 10.4 Å². The van der Waals surface area contributed by atoms with Gasteiger partial charge in [-0.3, -0.25) is 4.79 Å². The van der Waals surface area contributed by atoms with Crippen LogP contribution in [0, 0.1) is 17.8 Å². The molecule has 2 fully saturated rings. The highest BCUT2D eigenvalue weighted by Gasteiger charge is 2.53. The fourth-order valence-corrected chi connectivity index (χ4v) is 12.3. The molecule has 0 bridgehead atoms. The third-order valence-corrected chi connectivity index (χ3v) is 14.3. The summed E-state index contributed by atoms with van der Waals surface area (Å²) in [5.41, 5.74) is -0.725. The standard InChI is InChI=1S/C36H51NO4Si/c1-26(2)33-36(7,8)40-34(39)37(33)31(38)25-24-27(3)32(28-18-12-9-13-19-28)41-42(35(4,5)6,29-20-14-10-15-21-29)30-22-16-11-17-23-30/h10-11,14-17,20-28,32-33H,9,12-13,18-19H2,1-8H3/b25-24+/t27-,32-,33?/m0/s1. The number of ether oxygens (including phenoxy) is 1. The Labute approximate surface area is 254 Å². The lowest BCUT2D eigenvalue weighted by Crippen LogP contribution is -2.68.